The number of benzene rings is 1. The van der Waals surface area contributed by atoms with E-state index in [0.717, 1.165) is 6.07 Å². The maximum Gasteiger partial charge on any atom is 0.433 e. The van der Waals surface area contributed by atoms with Gasteiger partial charge in [0.2, 0.25) is 0 Å². The summed E-state index contributed by atoms with van der Waals surface area (Å²) in [6, 6.07) is 12.7. The summed E-state index contributed by atoms with van der Waals surface area (Å²) in [5.74, 6) is 0. The van der Waals surface area contributed by atoms with Crippen molar-refractivity contribution < 1.29 is 13.2 Å². The van der Waals surface area contributed by atoms with E-state index in [1.165, 1.54) is 6.07 Å². The van der Waals surface area contributed by atoms with Gasteiger partial charge in [-0.1, -0.05) is 36.4 Å². The number of pyridine rings is 1. The van der Waals surface area contributed by atoms with Gasteiger partial charge in [0.1, 0.15) is 5.69 Å². The van der Waals surface area contributed by atoms with Gasteiger partial charge >= 0.3 is 6.18 Å². The largest absolute Gasteiger partial charge is 0.433 e. The molecule has 5 heteroatoms. The first kappa shape index (κ1) is 13.1. The van der Waals surface area contributed by atoms with E-state index in [-0.39, 0.29) is 12.1 Å². The highest BCUT2D eigenvalue weighted by Crippen LogP contribution is 2.31. The molecule has 1 aromatic heterocycles. The van der Waals surface area contributed by atoms with Crippen molar-refractivity contribution in [3.63, 3.8) is 0 Å². The van der Waals surface area contributed by atoms with Crippen LogP contribution in [0.4, 0.5) is 13.2 Å². The van der Waals surface area contributed by atoms with Gasteiger partial charge in [0.25, 0.3) is 0 Å². The van der Waals surface area contributed by atoms with Crippen LogP contribution in [-0.4, -0.2) is 4.98 Å². The molecule has 0 aliphatic heterocycles. The molecule has 19 heavy (non-hydrogen) atoms. The fourth-order valence-electron chi connectivity index (χ4n) is 1.72. The van der Waals surface area contributed by atoms with Crippen molar-refractivity contribution in [1.82, 2.24) is 4.98 Å². The molecule has 0 aliphatic carbocycles. The highest BCUT2D eigenvalue weighted by molar-refractivity contribution is 5.63. The van der Waals surface area contributed by atoms with Crippen LogP contribution in [0.3, 0.4) is 0 Å². The van der Waals surface area contributed by atoms with Crippen LogP contribution in [0.5, 0.6) is 0 Å². The molecule has 0 saturated carbocycles. The zero-order valence-corrected chi connectivity index (χ0v) is 9.78. The lowest BCUT2D eigenvalue weighted by Gasteiger charge is -2.11. The average molecular weight is 262 g/mol. The molecule has 0 saturated heterocycles. The highest BCUT2D eigenvalue weighted by atomic mass is 19.4. The Kier molecular flexibility index (Phi) is 3.52. The lowest BCUT2D eigenvalue weighted by atomic mass is 10.0. The van der Waals surface area contributed by atoms with Crippen LogP contribution in [-0.2, 0) is 12.6 Å². The summed E-state index contributed by atoms with van der Waals surface area (Å²) in [6.07, 6.45) is -4.47. The number of rotatable bonds is 2. The maximum atomic E-state index is 12.7. The van der Waals surface area contributed by atoms with Gasteiger partial charge in [-0.2, -0.15) is 18.4 Å². The number of hydrogen-bond acceptors (Lipinski definition) is 2. The Labute approximate surface area is 108 Å². The molecule has 0 unspecified atom stereocenters. The Balaban J connectivity index is 2.58. The zero-order valence-electron chi connectivity index (χ0n) is 9.78. The van der Waals surface area contributed by atoms with E-state index < -0.39 is 11.9 Å². The molecule has 0 atom stereocenters. The van der Waals surface area contributed by atoms with E-state index in [0.29, 0.717) is 11.1 Å². The second-order valence-electron chi connectivity index (χ2n) is 3.90. The molecule has 0 amide bonds. The quantitative estimate of drug-likeness (QED) is 0.824. The van der Waals surface area contributed by atoms with E-state index in [9.17, 15) is 13.2 Å². The predicted octanol–water partition coefficient (Wildman–Crippen LogP) is 3.83. The molecule has 96 valence electrons. The normalized spacial score (nSPS) is 11.1. The van der Waals surface area contributed by atoms with Gasteiger partial charge in [-0.3, -0.25) is 0 Å². The van der Waals surface area contributed by atoms with Crippen molar-refractivity contribution in [1.29, 1.82) is 5.26 Å². The summed E-state index contributed by atoms with van der Waals surface area (Å²) < 4.78 is 38.0. The van der Waals surface area contributed by atoms with Gasteiger partial charge in [-0.15, -0.1) is 0 Å². The number of halogens is 3. The Bertz CT molecular complexity index is 613. The maximum absolute atomic E-state index is 12.7. The topological polar surface area (TPSA) is 36.7 Å². The molecule has 2 rings (SSSR count). The molecule has 2 nitrogen and oxygen atoms in total. The zero-order chi connectivity index (χ0) is 13.9. The van der Waals surface area contributed by atoms with Crippen LogP contribution < -0.4 is 0 Å². The first-order valence-electron chi connectivity index (χ1n) is 5.52. The van der Waals surface area contributed by atoms with Crippen LogP contribution in [0, 0.1) is 11.3 Å². The number of alkyl halides is 3. The van der Waals surface area contributed by atoms with Crippen molar-refractivity contribution in [3.8, 4) is 17.3 Å². The Morgan fingerprint density at radius 1 is 1.05 bits per heavy atom. The van der Waals surface area contributed by atoms with Crippen LogP contribution in [0.15, 0.2) is 42.5 Å². The summed E-state index contributed by atoms with van der Waals surface area (Å²) in [4.78, 5) is 3.66. The molecule has 0 spiro atoms. The predicted molar refractivity (Wildman–Crippen MR) is 64.0 cm³/mol. The molecule has 0 N–H and O–H groups in total. The molecule has 0 aliphatic rings. The summed E-state index contributed by atoms with van der Waals surface area (Å²) in [5, 5.41) is 8.72. The Morgan fingerprint density at radius 3 is 2.32 bits per heavy atom. The van der Waals surface area contributed by atoms with E-state index >= 15 is 0 Å². The van der Waals surface area contributed by atoms with Crippen molar-refractivity contribution in [2.24, 2.45) is 0 Å². The van der Waals surface area contributed by atoms with Gasteiger partial charge in [-0.05, 0) is 11.6 Å². The van der Waals surface area contributed by atoms with E-state index in [1.807, 2.05) is 6.07 Å². The second kappa shape index (κ2) is 5.11. The van der Waals surface area contributed by atoms with Crippen molar-refractivity contribution in [2.75, 3.05) is 0 Å². The molecule has 1 aromatic carbocycles. The van der Waals surface area contributed by atoms with Gasteiger partial charge in [-0.25, -0.2) is 4.98 Å². The first-order valence-corrected chi connectivity index (χ1v) is 5.52. The molecular weight excluding hydrogens is 253 g/mol. The fourth-order valence-corrected chi connectivity index (χ4v) is 1.72. The number of aromatic nitrogens is 1. The van der Waals surface area contributed by atoms with E-state index in [1.54, 1.807) is 30.3 Å². The fraction of sp³-hybridized carbons (Fsp3) is 0.143. The van der Waals surface area contributed by atoms with Crippen molar-refractivity contribution in [3.05, 3.63) is 53.7 Å². The smallest absolute Gasteiger partial charge is 0.243 e. The van der Waals surface area contributed by atoms with Crippen LogP contribution in [0.1, 0.15) is 11.3 Å². The van der Waals surface area contributed by atoms with E-state index in [2.05, 4.69) is 4.98 Å². The number of hydrogen-bond donors (Lipinski definition) is 0. The molecule has 2 aromatic rings. The average Bonchev–Trinajstić information content (AvgIpc) is 2.39. The number of nitrogens with zero attached hydrogens (tertiary/aromatic N) is 2. The third-order valence-corrected chi connectivity index (χ3v) is 2.59. The van der Waals surface area contributed by atoms with Crippen LogP contribution in [0.2, 0.25) is 0 Å². The standard InChI is InChI=1S/C14H9F3N2/c15-14(16,17)12-7-6-11(8-9-18)13(19-12)10-4-2-1-3-5-10/h1-7H,8H2. The Hall–Kier alpha value is -2.35. The minimum absolute atomic E-state index is 0.0232. The van der Waals surface area contributed by atoms with Crippen molar-refractivity contribution in [2.45, 2.75) is 12.6 Å². The van der Waals surface area contributed by atoms with Crippen LogP contribution >= 0.6 is 0 Å². The summed E-state index contributed by atoms with van der Waals surface area (Å²) in [7, 11) is 0. The second-order valence-corrected chi connectivity index (χ2v) is 3.90. The van der Waals surface area contributed by atoms with Gasteiger partial charge in [0.15, 0.2) is 0 Å². The lowest BCUT2D eigenvalue weighted by molar-refractivity contribution is -0.141. The Morgan fingerprint density at radius 2 is 1.74 bits per heavy atom. The highest BCUT2D eigenvalue weighted by Gasteiger charge is 2.33. The molecular formula is C14H9F3N2. The summed E-state index contributed by atoms with van der Waals surface area (Å²) >= 11 is 0. The summed E-state index contributed by atoms with van der Waals surface area (Å²) in [5.41, 5.74) is 0.311. The third kappa shape index (κ3) is 2.91. The molecule has 0 radical (unpaired) electrons. The molecule has 0 fully saturated rings. The SMILES string of the molecule is N#CCc1ccc(C(F)(F)F)nc1-c1ccccc1. The van der Waals surface area contributed by atoms with E-state index in [4.69, 9.17) is 5.26 Å². The lowest BCUT2D eigenvalue weighted by Crippen LogP contribution is -2.09. The molecule has 0 bridgehead atoms. The summed E-state index contributed by atoms with van der Waals surface area (Å²) in [6.45, 7) is 0. The molecule has 1 heterocycles. The minimum atomic E-state index is -4.49. The van der Waals surface area contributed by atoms with Gasteiger partial charge in [0.05, 0.1) is 18.2 Å². The first-order chi connectivity index (χ1) is 9.02. The van der Waals surface area contributed by atoms with Crippen molar-refractivity contribution >= 4 is 0 Å². The van der Waals surface area contributed by atoms with Gasteiger partial charge in [0, 0.05) is 5.56 Å². The minimum Gasteiger partial charge on any atom is -0.243 e. The third-order valence-electron chi connectivity index (χ3n) is 2.59. The van der Waals surface area contributed by atoms with Crippen LogP contribution in [0.25, 0.3) is 11.3 Å². The number of nitriles is 1. The monoisotopic (exact) mass is 262 g/mol. The van der Waals surface area contributed by atoms with Gasteiger partial charge < -0.3 is 0 Å².